The second-order valence-electron chi connectivity index (χ2n) is 10.4. The third-order valence-corrected chi connectivity index (χ3v) is 7.76. The molecule has 0 bridgehead atoms. The SMILES string of the molecule is Cc1cccc(-c2ccc3c(c2)c(C(=O)NC2CCC(N)CC2)cn3CC2CCCCC2)c1. The zero-order chi connectivity index (χ0) is 22.8. The van der Waals surface area contributed by atoms with Gasteiger partial charge in [-0.2, -0.15) is 0 Å². The monoisotopic (exact) mass is 443 g/mol. The molecule has 0 atom stereocenters. The van der Waals surface area contributed by atoms with Gasteiger partial charge in [0.1, 0.15) is 0 Å². The Morgan fingerprint density at radius 3 is 2.48 bits per heavy atom. The molecular weight excluding hydrogens is 406 g/mol. The van der Waals surface area contributed by atoms with Gasteiger partial charge in [0.05, 0.1) is 5.56 Å². The van der Waals surface area contributed by atoms with Crippen LogP contribution in [0.25, 0.3) is 22.0 Å². The highest BCUT2D eigenvalue weighted by Crippen LogP contribution is 2.32. The lowest BCUT2D eigenvalue weighted by molar-refractivity contribution is 0.0927. The second kappa shape index (κ2) is 9.72. The number of nitrogens with zero attached hydrogens (tertiary/aromatic N) is 1. The molecule has 174 valence electrons. The Balaban J connectivity index is 1.49. The van der Waals surface area contributed by atoms with E-state index in [4.69, 9.17) is 5.73 Å². The zero-order valence-electron chi connectivity index (χ0n) is 19.9. The van der Waals surface area contributed by atoms with Gasteiger partial charge in [-0.15, -0.1) is 0 Å². The van der Waals surface area contributed by atoms with Crippen LogP contribution in [0.2, 0.25) is 0 Å². The van der Waals surface area contributed by atoms with Crippen molar-refractivity contribution in [1.82, 2.24) is 9.88 Å². The molecule has 0 aliphatic heterocycles. The van der Waals surface area contributed by atoms with E-state index in [2.05, 4.69) is 65.5 Å². The lowest BCUT2D eigenvalue weighted by atomic mass is 9.89. The molecule has 1 heterocycles. The van der Waals surface area contributed by atoms with Crippen LogP contribution in [0.3, 0.4) is 0 Å². The highest BCUT2D eigenvalue weighted by molar-refractivity contribution is 6.08. The minimum atomic E-state index is 0.0595. The second-order valence-corrected chi connectivity index (χ2v) is 10.4. The summed E-state index contributed by atoms with van der Waals surface area (Å²) in [6.07, 6.45) is 12.7. The van der Waals surface area contributed by atoms with E-state index in [1.807, 2.05) is 0 Å². The molecular formula is C29H37N3O. The summed E-state index contributed by atoms with van der Waals surface area (Å²) in [5.41, 5.74) is 11.7. The predicted octanol–water partition coefficient (Wildman–Crippen LogP) is 6.20. The third kappa shape index (κ3) is 5.01. The molecule has 0 saturated heterocycles. The zero-order valence-corrected chi connectivity index (χ0v) is 19.9. The summed E-state index contributed by atoms with van der Waals surface area (Å²) >= 11 is 0. The first-order valence-corrected chi connectivity index (χ1v) is 12.8. The van der Waals surface area contributed by atoms with E-state index in [1.54, 1.807) is 0 Å². The van der Waals surface area contributed by atoms with Crippen molar-refractivity contribution in [3.05, 3.63) is 59.8 Å². The van der Waals surface area contributed by atoms with Crippen molar-refractivity contribution < 1.29 is 4.79 Å². The molecule has 4 heteroatoms. The minimum Gasteiger partial charge on any atom is -0.349 e. The summed E-state index contributed by atoms with van der Waals surface area (Å²) in [6.45, 7) is 3.13. The molecule has 2 saturated carbocycles. The van der Waals surface area contributed by atoms with Gasteiger partial charge in [0.2, 0.25) is 0 Å². The van der Waals surface area contributed by atoms with E-state index in [0.29, 0.717) is 5.92 Å². The predicted molar refractivity (Wildman–Crippen MR) is 136 cm³/mol. The Hall–Kier alpha value is -2.59. The van der Waals surface area contributed by atoms with Crippen molar-refractivity contribution in [2.45, 2.75) is 83.3 Å². The van der Waals surface area contributed by atoms with Gasteiger partial charge in [0, 0.05) is 35.7 Å². The molecule has 0 unspecified atom stereocenters. The van der Waals surface area contributed by atoms with Crippen LogP contribution in [0, 0.1) is 12.8 Å². The molecule has 3 N–H and O–H groups in total. The summed E-state index contributed by atoms with van der Waals surface area (Å²) < 4.78 is 2.34. The van der Waals surface area contributed by atoms with Crippen molar-refractivity contribution in [2.24, 2.45) is 11.7 Å². The molecule has 0 spiro atoms. The number of amides is 1. The average molecular weight is 444 g/mol. The minimum absolute atomic E-state index is 0.0595. The Morgan fingerprint density at radius 2 is 1.73 bits per heavy atom. The summed E-state index contributed by atoms with van der Waals surface area (Å²) in [5, 5.41) is 4.39. The molecule has 0 radical (unpaired) electrons. The number of carbonyl (C=O) groups excluding carboxylic acids is 1. The van der Waals surface area contributed by atoms with Crippen LogP contribution in [0.5, 0.6) is 0 Å². The molecule has 5 rings (SSSR count). The van der Waals surface area contributed by atoms with E-state index in [0.717, 1.165) is 43.2 Å². The van der Waals surface area contributed by atoms with Gasteiger partial charge in [-0.1, -0.05) is 55.2 Å². The van der Waals surface area contributed by atoms with Crippen LogP contribution in [0.4, 0.5) is 0 Å². The highest BCUT2D eigenvalue weighted by Gasteiger charge is 2.24. The summed E-state index contributed by atoms with van der Waals surface area (Å²) in [7, 11) is 0. The lowest BCUT2D eigenvalue weighted by Gasteiger charge is -2.26. The van der Waals surface area contributed by atoms with Gasteiger partial charge in [-0.3, -0.25) is 4.79 Å². The van der Waals surface area contributed by atoms with E-state index in [9.17, 15) is 4.79 Å². The number of fused-ring (bicyclic) bond motifs is 1. The van der Waals surface area contributed by atoms with Crippen LogP contribution in [0.15, 0.2) is 48.7 Å². The van der Waals surface area contributed by atoms with Crippen LogP contribution in [-0.2, 0) is 6.54 Å². The van der Waals surface area contributed by atoms with Gasteiger partial charge in [-0.05, 0) is 74.6 Å². The molecule has 3 aromatic rings. The molecule has 33 heavy (non-hydrogen) atoms. The number of nitrogens with one attached hydrogen (secondary N) is 1. The molecule has 1 amide bonds. The number of carbonyl (C=O) groups is 1. The number of benzene rings is 2. The molecule has 4 nitrogen and oxygen atoms in total. The van der Waals surface area contributed by atoms with Crippen molar-refractivity contribution >= 4 is 16.8 Å². The van der Waals surface area contributed by atoms with E-state index in [1.165, 1.54) is 54.3 Å². The Labute approximate surface area is 197 Å². The number of aromatic nitrogens is 1. The fourth-order valence-electron chi connectivity index (χ4n) is 5.81. The third-order valence-electron chi connectivity index (χ3n) is 7.76. The van der Waals surface area contributed by atoms with Crippen LogP contribution >= 0.6 is 0 Å². The summed E-state index contributed by atoms with van der Waals surface area (Å²) in [4.78, 5) is 13.5. The standard InChI is InChI=1S/C29H37N3O/c1-20-6-5-9-22(16-20)23-10-15-28-26(17-23)27(19-32(28)18-21-7-3-2-4-8-21)29(33)31-25-13-11-24(30)12-14-25/h5-6,9-10,15-17,19,21,24-25H,2-4,7-8,11-14,18,30H2,1H3,(H,31,33). The maximum absolute atomic E-state index is 13.5. The fourth-order valence-corrected chi connectivity index (χ4v) is 5.81. The molecule has 2 aromatic carbocycles. The van der Waals surface area contributed by atoms with Crippen molar-refractivity contribution in [1.29, 1.82) is 0 Å². The Kier molecular flexibility index (Phi) is 6.55. The van der Waals surface area contributed by atoms with E-state index in [-0.39, 0.29) is 18.0 Å². The first-order chi connectivity index (χ1) is 16.1. The normalized spacial score (nSPS) is 21.9. The maximum Gasteiger partial charge on any atom is 0.253 e. The maximum atomic E-state index is 13.5. The Morgan fingerprint density at radius 1 is 0.970 bits per heavy atom. The quantitative estimate of drug-likeness (QED) is 0.493. The van der Waals surface area contributed by atoms with Crippen LogP contribution in [0.1, 0.15) is 73.7 Å². The first-order valence-electron chi connectivity index (χ1n) is 12.8. The highest BCUT2D eigenvalue weighted by atomic mass is 16.1. The van der Waals surface area contributed by atoms with Gasteiger partial charge in [-0.25, -0.2) is 0 Å². The van der Waals surface area contributed by atoms with Crippen LogP contribution < -0.4 is 11.1 Å². The number of nitrogens with two attached hydrogens (primary N) is 1. The van der Waals surface area contributed by atoms with Crippen molar-refractivity contribution in [3.8, 4) is 11.1 Å². The van der Waals surface area contributed by atoms with E-state index >= 15 is 0 Å². The fraction of sp³-hybridized carbons (Fsp3) is 0.483. The Bertz CT molecular complexity index is 1120. The lowest BCUT2D eigenvalue weighted by Crippen LogP contribution is -2.40. The summed E-state index contributed by atoms with van der Waals surface area (Å²) in [5.74, 6) is 0.769. The largest absolute Gasteiger partial charge is 0.349 e. The van der Waals surface area contributed by atoms with Gasteiger partial charge < -0.3 is 15.6 Å². The molecule has 2 fully saturated rings. The van der Waals surface area contributed by atoms with Gasteiger partial charge in [0.25, 0.3) is 5.91 Å². The smallest absolute Gasteiger partial charge is 0.253 e. The van der Waals surface area contributed by atoms with Gasteiger partial charge in [0.15, 0.2) is 0 Å². The van der Waals surface area contributed by atoms with Crippen molar-refractivity contribution in [3.63, 3.8) is 0 Å². The average Bonchev–Trinajstić information content (AvgIpc) is 3.19. The van der Waals surface area contributed by atoms with Gasteiger partial charge >= 0.3 is 0 Å². The van der Waals surface area contributed by atoms with Crippen LogP contribution in [-0.4, -0.2) is 22.6 Å². The number of rotatable bonds is 5. The molecule has 1 aromatic heterocycles. The number of aryl methyl sites for hydroxylation is 1. The molecule has 2 aliphatic rings. The molecule has 2 aliphatic carbocycles. The first kappa shape index (κ1) is 22.2. The number of hydrogen-bond acceptors (Lipinski definition) is 2. The van der Waals surface area contributed by atoms with E-state index < -0.39 is 0 Å². The van der Waals surface area contributed by atoms with Crippen molar-refractivity contribution in [2.75, 3.05) is 0 Å². The topological polar surface area (TPSA) is 60.1 Å². The summed E-state index contributed by atoms with van der Waals surface area (Å²) in [6, 6.07) is 15.7. The number of hydrogen-bond donors (Lipinski definition) is 2.